The van der Waals surface area contributed by atoms with Crippen molar-refractivity contribution in [2.24, 2.45) is 0 Å². The molecular weight excluding hydrogens is 312 g/mol. The molecule has 3 rings (SSSR count). The normalized spacial score (nSPS) is 14.9. The molecule has 0 aliphatic heterocycles. The van der Waals surface area contributed by atoms with E-state index in [0.29, 0.717) is 29.2 Å². The third-order valence-corrected chi connectivity index (χ3v) is 4.76. The number of benzene rings is 1. The van der Waals surface area contributed by atoms with Crippen molar-refractivity contribution in [1.29, 1.82) is 0 Å². The van der Waals surface area contributed by atoms with Gasteiger partial charge in [-0.2, -0.15) is 4.98 Å². The molecule has 1 aliphatic rings. The summed E-state index contributed by atoms with van der Waals surface area (Å²) in [7, 11) is 0. The van der Waals surface area contributed by atoms with E-state index < -0.39 is 0 Å². The van der Waals surface area contributed by atoms with Crippen LogP contribution in [0, 0.1) is 13.8 Å². The number of rotatable bonds is 4. The second-order valence-electron chi connectivity index (χ2n) is 6.04. The van der Waals surface area contributed by atoms with Crippen molar-refractivity contribution in [2.45, 2.75) is 45.6 Å². The summed E-state index contributed by atoms with van der Waals surface area (Å²) in [5, 5.41) is 4.14. The summed E-state index contributed by atoms with van der Waals surface area (Å²) in [4.78, 5) is 8.40. The predicted octanol–water partition coefficient (Wildman–Crippen LogP) is 4.48. The van der Waals surface area contributed by atoms with E-state index >= 15 is 0 Å². The number of anilines is 2. The third kappa shape index (κ3) is 3.50. The highest BCUT2D eigenvalue weighted by molar-refractivity contribution is 6.32. The summed E-state index contributed by atoms with van der Waals surface area (Å²) >= 11 is 6.19. The van der Waals surface area contributed by atoms with Gasteiger partial charge in [-0.25, -0.2) is 4.98 Å². The van der Waals surface area contributed by atoms with Crippen LogP contribution < -0.4 is 15.8 Å². The molecule has 3 N–H and O–H groups in total. The summed E-state index contributed by atoms with van der Waals surface area (Å²) in [5.41, 5.74) is 8.53. The monoisotopic (exact) mass is 332 g/mol. The molecule has 23 heavy (non-hydrogen) atoms. The Kier molecular flexibility index (Phi) is 4.57. The van der Waals surface area contributed by atoms with Gasteiger partial charge in [-0.3, -0.25) is 0 Å². The molecule has 1 aliphatic carbocycles. The van der Waals surface area contributed by atoms with E-state index in [9.17, 15) is 0 Å². The second-order valence-corrected chi connectivity index (χ2v) is 6.42. The summed E-state index contributed by atoms with van der Waals surface area (Å²) in [6.45, 7) is 3.89. The lowest BCUT2D eigenvalue weighted by molar-refractivity contribution is 0.463. The van der Waals surface area contributed by atoms with Crippen molar-refractivity contribution < 1.29 is 4.74 Å². The van der Waals surface area contributed by atoms with E-state index in [4.69, 9.17) is 22.1 Å². The van der Waals surface area contributed by atoms with Crippen molar-refractivity contribution in [2.75, 3.05) is 11.1 Å². The molecule has 0 spiro atoms. The Hall–Kier alpha value is -2.01. The van der Waals surface area contributed by atoms with E-state index in [0.717, 1.165) is 29.0 Å². The molecule has 0 amide bonds. The smallest absolute Gasteiger partial charge is 0.248 e. The summed E-state index contributed by atoms with van der Waals surface area (Å²) in [6, 6.07) is 4.18. The number of aryl methyl sites for hydroxylation is 2. The number of hydrogen-bond donors (Lipinski definition) is 2. The Bertz CT molecular complexity index is 691. The number of aromatic nitrogens is 2. The maximum absolute atomic E-state index is 6.19. The highest BCUT2D eigenvalue weighted by Crippen LogP contribution is 2.33. The molecule has 2 aromatic rings. The quantitative estimate of drug-likeness (QED) is 0.863. The molecule has 0 radical (unpaired) electrons. The van der Waals surface area contributed by atoms with Crippen molar-refractivity contribution in [3.63, 3.8) is 0 Å². The van der Waals surface area contributed by atoms with E-state index in [1.54, 1.807) is 0 Å². The first-order valence-corrected chi connectivity index (χ1v) is 8.24. The van der Waals surface area contributed by atoms with Gasteiger partial charge >= 0.3 is 0 Å². The molecule has 1 aromatic heterocycles. The van der Waals surface area contributed by atoms with Gasteiger partial charge in [0.2, 0.25) is 5.88 Å². The van der Waals surface area contributed by atoms with Gasteiger partial charge in [0.05, 0.1) is 0 Å². The summed E-state index contributed by atoms with van der Waals surface area (Å²) in [5.74, 6) is 1.67. The van der Waals surface area contributed by atoms with Crippen LogP contribution in [0.4, 0.5) is 11.5 Å². The molecule has 1 fully saturated rings. The number of nitrogens with two attached hydrogens (primary N) is 1. The lowest BCUT2D eigenvalue weighted by Crippen LogP contribution is -2.17. The predicted molar refractivity (Wildman–Crippen MR) is 93.3 cm³/mol. The Morgan fingerprint density at radius 2 is 1.83 bits per heavy atom. The van der Waals surface area contributed by atoms with Crippen LogP contribution in [-0.2, 0) is 0 Å². The molecular formula is C17H21ClN4O. The van der Waals surface area contributed by atoms with Gasteiger partial charge in [0.25, 0.3) is 0 Å². The van der Waals surface area contributed by atoms with E-state index in [1.165, 1.54) is 19.2 Å². The Morgan fingerprint density at radius 3 is 2.48 bits per heavy atom. The van der Waals surface area contributed by atoms with Crippen LogP contribution in [0.5, 0.6) is 11.6 Å². The first-order chi connectivity index (χ1) is 11.0. The Morgan fingerprint density at radius 1 is 1.17 bits per heavy atom. The fourth-order valence-electron chi connectivity index (χ4n) is 2.92. The molecule has 1 aromatic carbocycles. The number of nitrogens with one attached hydrogen (secondary N) is 1. The number of nitrogen functional groups attached to an aromatic ring is 1. The van der Waals surface area contributed by atoms with Crippen LogP contribution in [0.3, 0.4) is 0 Å². The fraction of sp³-hybridized carbons (Fsp3) is 0.412. The first-order valence-electron chi connectivity index (χ1n) is 7.86. The van der Waals surface area contributed by atoms with Gasteiger partial charge in [-0.1, -0.05) is 24.4 Å². The van der Waals surface area contributed by atoms with Crippen molar-refractivity contribution in [3.05, 3.63) is 34.6 Å². The SMILES string of the molecule is Cc1cc(Oc2ncnc(NC3CCCC3)c2N)cc(C)c1Cl. The summed E-state index contributed by atoms with van der Waals surface area (Å²) < 4.78 is 5.86. The molecule has 0 saturated heterocycles. The number of halogens is 1. The minimum absolute atomic E-state index is 0.363. The number of nitrogens with zero attached hydrogens (tertiary/aromatic N) is 2. The minimum Gasteiger partial charge on any atom is -0.437 e. The average molecular weight is 333 g/mol. The number of ether oxygens (including phenoxy) is 1. The third-order valence-electron chi connectivity index (χ3n) is 4.17. The maximum Gasteiger partial charge on any atom is 0.248 e. The Labute approximate surface area is 141 Å². The van der Waals surface area contributed by atoms with Crippen molar-refractivity contribution in [1.82, 2.24) is 9.97 Å². The molecule has 0 unspecified atom stereocenters. The first kappa shape index (κ1) is 15.9. The molecule has 0 bridgehead atoms. The van der Waals surface area contributed by atoms with Gasteiger partial charge in [-0.05, 0) is 49.9 Å². The van der Waals surface area contributed by atoms with Gasteiger partial charge in [0.15, 0.2) is 5.82 Å². The van der Waals surface area contributed by atoms with Gasteiger partial charge in [-0.15, -0.1) is 0 Å². The maximum atomic E-state index is 6.19. The lowest BCUT2D eigenvalue weighted by atomic mass is 10.1. The van der Waals surface area contributed by atoms with Gasteiger partial charge < -0.3 is 15.8 Å². The zero-order chi connectivity index (χ0) is 16.4. The number of hydrogen-bond acceptors (Lipinski definition) is 5. The fourth-order valence-corrected chi connectivity index (χ4v) is 3.03. The van der Waals surface area contributed by atoms with E-state index in [2.05, 4.69) is 15.3 Å². The molecule has 0 atom stereocenters. The van der Waals surface area contributed by atoms with Crippen LogP contribution >= 0.6 is 11.6 Å². The highest BCUT2D eigenvalue weighted by atomic mass is 35.5. The molecule has 1 saturated carbocycles. The second kappa shape index (κ2) is 6.62. The van der Waals surface area contributed by atoms with E-state index in [-0.39, 0.29) is 0 Å². The van der Waals surface area contributed by atoms with Crippen LogP contribution in [-0.4, -0.2) is 16.0 Å². The Balaban J connectivity index is 1.82. The molecule has 1 heterocycles. The van der Waals surface area contributed by atoms with Gasteiger partial charge in [0.1, 0.15) is 17.8 Å². The molecule has 5 nitrogen and oxygen atoms in total. The van der Waals surface area contributed by atoms with Crippen LogP contribution in [0.1, 0.15) is 36.8 Å². The topological polar surface area (TPSA) is 73.1 Å². The van der Waals surface area contributed by atoms with E-state index in [1.807, 2.05) is 26.0 Å². The van der Waals surface area contributed by atoms with Gasteiger partial charge in [0, 0.05) is 11.1 Å². The lowest BCUT2D eigenvalue weighted by Gasteiger charge is -2.16. The standard InChI is InChI=1S/C17H21ClN4O/c1-10-7-13(8-11(2)14(10)18)23-17-15(19)16(20-9-21-17)22-12-5-3-4-6-12/h7-9,12H,3-6,19H2,1-2H3,(H,20,21,22). The van der Waals surface area contributed by atoms with Crippen LogP contribution in [0.2, 0.25) is 5.02 Å². The highest BCUT2D eigenvalue weighted by Gasteiger charge is 2.18. The summed E-state index contributed by atoms with van der Waals surface area (Å²) in [6.07, 6.45) is 6.26. The van der Waals surface area contributed by atoms with Crippen molar-refractivity contribution in [3.8, 4) is 11.6 Å². The van der Waals surface area contributed by atoms with Crippen molar-refractivity contribution >= 4 is 23.1 Å². The van der Waals surface area contributed by atoms with Crippen LogP contribution in [0.15, 0.2) is 18.5 Å². The largest absolute Gasteiger partial charge is 0.437 e. The van der Waals surface area contributed by atoms with Crippen LogP contribution in [0.25, 0.3) is 0 Å². The zero-order valence-corrected chi connectivity index (χ0v) is 14.2. The average Bonchev–Trinajstić information content (AvgIpc) is 3.02. The minimum atomic E-state index is 0.363. The molecule has 122 valence electrons. The zero-order valence-electron chi connectivity index (χ0n) is 13.4. The molecule has 6 heteroatoms.